The van der Waals surface area contributed by atoms with Crippen molar-refractivity contribution in [3.05, 3.63) is 46.8 Å². The quantitative estimate of drug-likeness (QED) is 0.878. The molecular weight excluding hydrogens is 326 g/mol. The number of benzene rings is 1. The van der Waals surface area contributed by atoms with Gasteiger partial charge < -0.3 is 14.7 Å². The number of fused-ring (bicyclic) bond motifs is 1. The molecule has 1 amide bonds. The van der Waals surface area contributed by atoms with Crippen molar-refractivity contribution in [3.63, 3.8) is 0 Å². The number of amides is 1. The van der Waals surface area contributed by atoms with Crippen LogP contribution in [0, 0.1) is 13.8 Å². The third-order valence-corrected chi connectivity index (χ3v) is 5.56. The lowest BCUT2D eigenvalue weighted by atomic mass is 9.85. The third kappa shape index (κ3) is 3.48. The number of nitrogens with zero attached hydrogens (tertiary/aromatic N) is 2. The Morgan fingerprint density at radius 1 is 1.38 bits per heavy atom. The lowest BCUT2D eigenvalue weighted by Gasteiger charge is -2.40. The average molecular weight is 355 g/mol. The SMILES string of the molecule is CCC(C)NC(=O)C1CC(C)N(Cc2c(C)noc2C)c2ccccc21. The monoisotopic (exact) mass is 355 g/mol. The molecule has 3 rings (SSSR count). The molecule has 0 saturated carbocycles. The topological polar surface area (TPSA) is 58.4 Å². The molecule has 0 bridgehead atoms. The van der Waals surface area contributed by atoms with Gasteiger partial charge in [-0.25, -0.2) is 0 Å². The number of hydrogen-bond donors (Lipinski definition) is 1. The molecule has 1 aliphatic rings. The summed E-state index contributed by atoms with van der Waals surface area (Å²) in [5.74, 6) is 0.899. The van der Waals surface area contributed by atoms with Crippen LogP contribution in [0.2, 0.25) is 0 Å². The fourth-order valence-electron chi connectivity index (χ4n) is 3.71. The van der Waals surface area contributed by atoms with Gasteiger partial charge in [0.05, 0.1) is 11.6 Å². The van der Waals surface area contributed by atoms with Gasteiger partial charge in [0, 0.05) is 29.9 Å². The van der Waals surface area contributed by atoms with Crippen LogP contribution >= 0.6 is 0 Å². The minimum atomic E-state index is -0.101. The largest absolute Gasteiger partial charge is 0.364 e. The van der Waals surface area contributed by atoms with Gasteiger partial charge in [-0.3, -0.25) is 4.79 Å². The maximum absolute atomic E-state index is 12.9. The third-order valence-electron chi connectivity index (χ3n) is 5.56. The lowest BCUT2D eigenvalue weighted by molar-refractivity contribution is -0.123. The molecule has 2 aromatic rings. The van der Waals surface area contributed by atoms with Crippen LogP contribution in [0.4, 0.5) is 5.69 Å². The Hall–Kier alpha value is -2.30. The molecule has 3 atom stereocenters. The minimum absolute atomic E-state index is 0.101. The predicted octanol–water partition coefficient (Wildman–Crippen LogP) is 4.09. The Morgan fingerprint density at radius 2 is 2.12 bits per heavy atom. The van der Waals surface area contributed by atoms with Crippen LogP contribution in [0.5, 0.6) is 0 Å². The number of carbonyl (C=O) groups is 1. The zero-order valence-corrected chi connectivity index (χ0v) is 16.4. The molecule has 1 aliphatic heterocycles. The zero-order valence-electron chi connectivity index (χ0n) is 16.4. The lowest BCUT2D eigenvalue weighted by Crippen LogP contribution is -2.44. The predicted molar refractivity (Wildman–Crippen MR) is 103 cm³/mol. The van der Waals surface area contributed by atoms with E-state index in [1.165, 1.54) is 0 Å². The van der Waals surface area contributed by atoms with Crippen LogP contribution in [0.1, 0.15) is 62.1 Å². The van der Waals surface area contributed by atoms with E-state index in [0.717, 1.165) is 47.7 Å². The van der Waals surface area contributed by atoms with Crippen molar-refractivity contribution in [2.24, 2.45) is 0 Å². The summed E-state index contributed by atoms with van der Waals surface area (Å²) < 4.78 is 5.33. The average Bonchev–Trinajstić information content (AvgIpc) is 2.95. The number of aryl methyl sites for hydroxylation is 2. The summed E-state index contributed by atoms with van der Waals surface area (Å²) in [4.78, 5) is 15.2. The molecule has 1 N–H and O–H groups in total. The second-order valence-corrected chi connectivity index (χ2v) is 7.44. The number of aromatic nitrogens is 1. The summed E-state index contributed by atoms with van der Waals surface area (Å²) in [5, 5.41) is 7.24. The molecule has 0 radical (unpaired) electrons. The highest BCUT2D eigenvalue weighted by atomic mass is 16.5. The molecule has 140 valence electrons. The molecule has 3 unspecified atom stereocenters. The summed E-state index contributed by atoms with van der Waals surface area (Å²) >= 11 is 0. The first-order valence-electron chi connectivity index (χ1n) is 9.50. The van der Waals surface area contributed by atoms with Gasteiger partial charge in [-0.2, -0.15) is 0 Å². The molecular formula is C21H29N3O2. The van der Waals surface area contributed by atoms with Crippen LogP contribution < -0.4 is 10.2 Å². The summed E-state index contributed by atoms with van der Waals surface area (Å²) in [6.45, 7) is 11.0. The fourth-order valence-corrected chi connectivity index (χ4v) is 3.71. The van der Waals surface area contributed by atoms with E-state index < -0.39 is 0 Å². The molecule has 1 aromatic heterocycles. The van der Waals surface area contributed by atoms with Crippen molar-refractivity contribution in [2.45, 2.75) is 72.0 Å². The van der Waals surface area contributed by atoms with Crippen molar-refractivity contribution in [2.75, 3.05) is 4.90 Å². The minimum Gasteiger partial charge on any atom is -0.364 e. The standard InChI is InChI=1S/C21H29N3O2/c1-6-13(2)22-21(25)18-11-14(3)24(20-10-8-7-9-17(18)20)12-19-15(4)23-26-16(19)5/h7-10,13-14,18H,6,11-12H2,1-5H3,(H,22,25). The van der Waals surface area contributed by atoms with E-state index in [4.69, 9.17) is 4.52 Å². The summed E-state index contributed by atoms with van der Waals surface area (Å²) in [6.07, 6.45) is 1.75. The molecule has 0 fully saturated rings. The van der Waals surface area contributed by atoms with E-state index in [0.29, 0.717) is 0 Å². The number of nitrogens with one attached hydrogen (secondary N) is 1. The number of anilines is 1. The van der Waals surface area contributed by atoms with Crippen LogP contribution in [-0.4, -0.2) is 23.1 Å². The molecule has 2 heterocycles. The van der Waals surface area contributed by atoms with Gasteiger partial charge >= 0.3 is 0 Å². The van der Waals surface area contributed by atoms with Crippen molar-refractivity contribution < 1.29 is 9.32 Å². The van der Waals surface area contributed by atoms with Gasteiger partial charge in [0.25, 0.3) is 0 Å². The number of carbonyl (C=O) groups excluding carboxylic acids is 1. The van der Waals surface area contributed by atoms with Crippen molar-refractivity contribution in [3.8, 4) is 0 Å². The highest BCUT2D eigenvalue weighted by Gasteiger charge is 2.34. The van der Waals surface area contributed by atoms with Gasteiger partial charge in [-0.05, 0) is 52.2 Å². The first-order chi connectivity index (χ1) is 12.4. The van der Waals surface area contributed by atoms with Crippen molar-refractivity contribution >= 4 is 11.6 Å². The van der Waals surface area contributed by atoms with E-state index in [9.17, 15) is 4.79 Å². The fraction of sp³-hybridized carbons (Fsp3) is 0.524. The molecule has 26 heavy (non-hydrogen) atoms. The molecule has 0 saturated heterocycles. The smallest absolute Gasteiger partial charge is 0.227 e. The molecule has 0 aliphatic carbocycles. The van der Waals surface area contributed by atoms with Crippen LogP contribution in [0.3, 0.4) is 0 Å². The van der Waals surface area contributed by atoms with Crippen LogP contribution in [-0.2, 0) is 11.3 Å². The Kier molecular flexibility index (Phi) is 5.35. The highest BCUT2D eigenvalue weighted by Crippen LogP contribution is 2.39. The van der Waals surface area contributed by atoms with E-state index in [1.807, 2.05) is 26.0 Å². The summed E-state index contributed by atoms with van der Waals surface area (Å²) in [7, 11) is 0. The molecule has 1 aromatic carbocycles. The summed E-state index contributed by atoms with van der Waals surface area (Å²) in [5.41, 5.74) is 4.31. The Bertz CT molecular complexity index is 764. The van der Waals surface area contributed by atoms with Crippen molar-refractivity contribution in [1.29, 1.82) is 0 Å². The van der Waals surface area contributed by atoms with Gasteiger partial charge in [-0.15, -0.1) is 0 Å². The van der Waals surface area contributed by atoms with E-state index in [-0.39, 0.29) is 23.9 Å². The molecule has 5 nitrogen and oxygen atoms in total. The van der Waals surface area contributed by atoms with E-state index in [1.54, 1.807) is 0 Å². The molecule has 0 spiro atoms. The van der Waals surface area contributed by atoms with E-state index in [2.05, 4.69) is 48.3 Å². The van der Waals surface area contributed by atoms with Gasteiger partial charge in [-0.1, -0.05) is 30.3 Å². The van der Waals surface area contributed by atoms with Gasteiger partial charge in [0.1, 0.15) is 5.76 Å². The van der Waals surface area contributed by atoms with Gasteiger partial charge in [0.15, 0.2) is 0 Å². The van der Waals surface area contributed by atoms with Gasteiger partial charge in [0.2, 0.25) is 5.91 Å². The zero-order chi connectivity index (χ0) is 18.8. The van der Waals surface area contributed by atoms with Crippen LogP contribution in [0.15, 0.2) is 28.8 Å². The van der Waals surface area contributed by atoms with E-state index >= 15 is 0 Å². The number of para-hydroxylation sites is 1. The van der Waals surface area contributed by atoms with Crippen LogP contribution in [0.25, 0.3) is 0 Å². The Labute approximate surface area is 155 Å². The second-order valence-electron chi connectivity index (χ2n) is 7.44. The number of hydrogen-bond acceptors (Lipinski definition) is 4. The first kappa shape index (κ1) is 18.5. The number of rotatable bonds is 5. The normalized spacial score (nSPS) is 20.6. The Morgan fingerprint density at radius 3 is 2.77 bits per heavy atom. The van der Waals surface area contributed by atoms with Crippen molar-refractivity contribution in [1.82, 2.24) is 10.5 Å². The summed E-state index contributed by atoms with van der Waals surface area (Å²) in [6, 6.07) is 8.72. The molecule has 5 heteroatoms. The Balaban J connectivity index is 1.91. The first-order valence-corrected chi connectivity index (χ1v) is 9.50. The highest BCUT2D eigenvalue weighted by molar-refractivity contribution is 5.87. The second kappa shape index (κ2) is 7.52. The maximum atomic E-state index is 12.9. The maximum Gasteiger partial charge on any atom is 0.227 e.